The summed E-state index contributed by atoms with van der Waals surface area (Å²) in [7, 11) is 1.53. The molecule has 0 aromatic heterocycles. The van der Waals surface area contributed by atoms with Gasteiger partial charge in [0.05, 0.1) is 6.61 Å². The number of aliphatic carboxylic acids is 2. The highest BCUT2D eigenvalue weighted by Gasteiger charge is 2.29. The number of carbonyl (C=O) groups excluding carboxylic acids is 3. The lowest BCUT2D eigenvalue weighted by atomic mass is 9.81. The first kappa shape index (κ1) is 42.3. The lowest BCUT2D eigenvalue weighted by Crippen LogP contribution is -2.45. The highest BCUT2D eigenvalue weighted by atomic mass is 16.5. The van der Waals surface area contributed by atoms with Crippen molar-refractivity contribution in [1.29, 1.82) is 0 Å². The zero-order valence-electron chi connectivity index (χ0n) is 29.2. The molecule has 47 heavy (non-hydrogen) atoms. The second-order valence-corrected chi connectivity index (χ2v) is 13.4. The quantitative estimate of drug-likeness (QED) is 0.0570. The minimum Gasteiger partial charge on any atom is -0.481 e. The third-order valence-electron chi connectivity index (χ3n) is 9.25. The van der Waals surface area contributed by atoms with Crippen LogP contribution < -0.4 is 16.0 Å². The van der Waals surface area contributed by atoms with Crippen molar-refractivity contribution in [3.8, 4) is 0 Å². The molecule has 0 radical (unpaired) electrons. The van der Waals surface area contributed by atoms with Crippen LogP contribution in [0.2, 0.25) is 0 Å². The first-order valence-corrected chi connectivity index (χ1v) is 18.5. The number of amides is 3. The summed E-state index contributed by atoms with van der Waals surface area (Å²) in [6.45, 7) is 1.36. The molecule has 0 aromatic carbocycles. The Morgan fingerprint density at radius 3 is 1.57 bits per heavy atom. The SMILES string of the molecule is COCCNC(=O)CCC(NC(=O)[C@H]1CC[C@H](CNC(=O)CCCCCCCCCCCCCCCCCCC(=O)O)CC1)C(=O)O. The Balaban J connectivity index is 1.98. The summed E-state index contributed by atoms with van der Waals surface area (Å²) in [6.07, 6.45) is 22.9. The predicted molar refractivity (Wildman–Crippen MR) is 183 cm³/mol. The van der Waals surface area contributed by atoms with Gasteiger partial charge in [-0.15, -0.1) is 0 Å². The zero-order valence-corrected chi connectivity index (χ0v) is 29.2. The monoisotopic (exact) mass is 667 g/mol. The van der Waals surface area contributed by atoms with Crippen molar-refractivity contribution in [3.63, 3.8) is 0 Å². The molecule has 5 N–H and O–H groups in total. The predicted octanol–water partition coefficient (Wildman–Crippen LogP) is 6.13. The van der Waals surface area contributed by atoms with Crippen LogP contribution in [-0.4, -0.2) is 72.7 Å². The van der Waals surface area contributed by atoms with E-state index in [1.807, 2.05) is 0 Å². The summed E-state index contributed by atoms with van der Waals surface area (Å²) in [6, 6.07) is -1.10. The molecule has 272 valence electrons. The summed E-state index contributed by atoms with van der Waals surface area (Å²) in [5, 5.41) is 26.5. The summed E-state index contributed by atoms with van der Waals surface area (Å²) in [5.74, 6) is -2.20. The molecule has 0 aliphatic heterocycles. The Hall–Kier alpha value is -2.69. The van der Waals surface area contributed by atoms with Crippen LogP contribution in [0.4, 0.5) is 0 Å². The smallest absolute Gasteiger partial charge is 0.326 e. The number of carbonyl (C=O) groups is 5. The van der Waals surface area contributed by atoms with Crippen LogP contribution >= 0.6 is 0 Å². The van der Waals surface area contributed by atoms with Crippen molar-refractivity contribution in [2.75, 3.05) is 26.8 Å². The number of unbranched alkanes of at least 4 members (excludes halogenated alkanes) is 15. The van der Waals surface area contributed by atoms with Crippen LogP contribution in [0.15, 0.2) is 0 Å². The normalized spacial score (nSPS) is 16.7. The summed E-state index contributed by atoms with van der Waals surface area (Å²) < 4.78 is 4.87. The molecular weight excluding hydrogens is 602 g/mol. The van der Waals surface area contributed by atoms with Gasteiger partial charge < -0.3 is 30.9 Å². The second kappa shape index (κ2) is 28.3. The van der Waals surface area contributed by atoms with Crippen LogP contribution in [-0.2, 0) is 28.7 Å². The van der Waals surface area contributed by atoms with Crippen LogP contribution in [0.3, 0.4) is 0 Å². The van der Waals surface area contributed by atoms with E-state index in [2.05, 4.69) is 16.0 Å². The highest BCUT2D eigenvalue weighted by molar-refractivity contribution is 5.85. The number of hydrogen-bond acceptors (Lipinski definition) is 6. The number of ether oxygens (including phenoxy) is 1. The van der Waals surface area contributed by atoms with E-state index < -0.39 is 18.0 Å². The highest BCUT2D eigenvalue weighted by Crippen LogP contribution is 2.29. The topological polar surface area (TPSA) is 171 Å². The number of nitrogens with one attached hydrogen (secondary N) is 3. The van der Waals surface area contributed by atoms with Gasteiger partial charge >= 0.3 is 11.9 Å². The number of carboxylic acids is 2. The number of rotatable bonds is 30. The molecule has 0 bridgehead atoms. The van der Waals surface area contributed by atoms with E-state index in [0.717, 1.165) is 44.9 Å². The number of methoxy groups -OCH3 is 1. The molecule has 1 saturated carbocycles. The zero-order chi connectivity index (χ0) is 34.5. The van der Waals surface area contributed by atoms with Crippen molar-refractivity contribution in [1.82, 2.24) is 16.0 Å². The Morgan fingerprint density at radius 2 is 1.11 bits per heavy atom. The maximum absolute atomic E-state index is 12.7. The van der Waals surface area contributed by atoms with Gasteiger partial charge in [-0.2, -0.15) is 0 Å². The van der Waals surface area contributed by atoms with Gasteiger partial charge in [0.2, 0.25) is 17.7 Å². The maximum atomic E-state index is 12.7. The van der Waals surface area contributed by atoms with Crippen molar-refractivity contribution in [2.24, 2.45) is 11.8 Å². The van der Waals surface area contributed by atoms with Crippen LogP contribution in [0.1, 0.15) is 154 Å². The third-order valence-corrected chi connectivity index (χ3v) is 9.25. The van der Waals surface area contributed by atoms with Gasteiger partial charge in [-0.3, -0.25) is 19.2 Å². The molecule has 1 aliphatic rings. The Kier molecular flexibility index (Phi) is 25.5. The molecule has 1 atom stereocenters. The maximum Gasteiger partial charge on any atom is 0.326 e. The lowest BCUT2D eigenvalue weighted by molar-refractivity contribution is -0.143. The van der Waals surface area contributed by atoms with Gasteiger partial charge in [-0.1, -0.05) is 89.9 Å². The third kappa shape index (κ3) is 24.2. The standard InChI is InChI=1S/C36H65N3O8/c1-47-27-26-37-33(41)25-24-31(36(45)46)39-35(44)30-22-20-29(21-23-30)28-38-32(40)18-16-14-12-10-8-6-4-2-3-5-7-9-11-13-15-17-19-34(42)43/h29-31H,2-28H2,1H3,(H,37,41)(H,38,40)(H,39,44)(H,42,43)(H,45,46)/t29-,30-,31?. The Morgan fingerprint density at radius 1 is 0.638 bits per heavy atom. The molecule has 0 heterocycles. The fourth-order valence-electron chi connectivity index (χ4n) is 6.22. The van der Waals surface area contributed by atoms with Crippen molar-refractivity contribution in [2.45, 2.75) is 160 Å². The fraction of sp³-hybridized carbons (Fsp3) is 0.861. The first-order valence-electron chi connectivity index (χ1n) is 18.5. The molecule has 11 heteroatoms. The van der Waals surface area contributed by atoms with Gasteiger partial charge in [0, 0.05) is 45.4 Å². The first-order chi connectivity index (χ1) is 22.7. The van der Waals surface area contributed by atoms with E-state index in [1.165, 1.54) is 77.7 Å². The second-order valence-electron chi connectivity index (χ2n) is 13.4. The van der Waals surface area contributed by atoms with Crippen molar-refractivity contribution < 1.29 is 38.9 Å². The van der Waals surface area contributed by atoms with Gasteiger partial charge in [0.1, 0.15) is 6.04 Å². The summed E-state index contributed by atoms with van der Waals surface area (Å²) in [4.78, 5) is 59.0. The van der Waals surface area contributed by atoms with Crippen molar-refractivity contribution in [3.05, 3.63) is 0 Å². The minimum atomic E-state index is -1.14. The Labute approximate surface area is 283 Å². The lowest BCUT2D eigenvalue weighted by Gasteiger charge is -2.28. The molecule has 0 saturated heterocycles. The summed E-state index contributed by atoms with van der Waals surface area (Å²) in [5.41, 5.74) is 0. The van der Waals surface area contributed by atoms with E-state index in [1.54, 1.807) is 0 Å². The largest absolute Gasteiger partial charge is 0.481 e. The molecular formula is C36H65N3O8. The molecule has 3 amide bonds. The average Bonchev–Trinajstić information content (AvgIpc) is 3.05. The molecule has 1 rings (SSSR count). The molecule has 11 nitrogen and oxygen atoms in total. The minimum absolute atomic E-state index is 0.0113. The van der Waals surface area contributed by atoms with E-state index >= 15 is 0 Å². The van der Waals surface area contributed by atoms with E-state index in [4.69, 9.17) is 9.84 Å². The van der Waals surface area contributed by atoms with Crippen molar-refractivity contribution >= 4 is 29.7 Å². The van der Waals surface area contributed by atoms with Crippen LogP contribution in [0.25, 0.3) is 0 Å². The van der Waals surface area contributed by atoms with Gasteiger partial charge in [-0.25, -0.2) is 4.79 Å². The Bertz CT molecular complexity index is 876. The molecule has 0 spiro atoms. The van der Waals surface area contributed by atoms with E-state index in [0.29, 0.717) is 51.3 Å². The molecule has 1 fully saturated rings. The molecule has 0 aromatic rings. The molecule has 1 unspecified atom stereocenters. The number of carboxylic acid groups (broad SMARTS) is 2. The van der Waals surface area contributed by atoms with Gasteiger partial charge in [0.15, 0.2) is 0 Å². The van der Waals surface area contributed by atoms with E-state index in [-0.39, 0.29) is 36.5 Å². The number of hydrogen-bond donors (Lipinski definition) is 5. The van der Waals surface area contributed by atoms with Gasteiger partial charge in [-0.05, 0) is 50.9 Å². The summed E-state index contributed by atoms with van der Waals surface area (Å²) >= 11 is 0. The van der Waals surface area contributed by atoms with Crippen LogP contribution in [0.5, 0.6) is 0 Å². The van der Waals surface area contributed by atoms with E-state index in [9.17, 15) is 29.1 Å². The van der Waals surface area contributed by atoms with Gasteiger partial charge in [0.25, 0.3) is 0 Å². The van der Waals surface area contributed by atoms with Crippen LogP contribution in [0, 0.1) is 11.8 Å². The average molecular weight is 668 g/mol. The fourth-order valence-corrected chi connectivity index (χ4v) is 6.22. The molecule has 1 aliphatic carbocycles.